The summed E-state index contributed by atoms with van der Waals surface area (Å²) in [4.78, 5) is 0. The van der Waals surface area contributed by atoms with E-state index in [4.69, 9.17) is 0 Å². The topological polar surface area (TPSA) is 29.1 Å². The van der Waals surface area contributed by atoms with Crippen LogP contribution in [0.1, 0.15) is 51.3 Å². The number of halogens is 3. The van der Waals surface area contributed by atoms with Crippen LogP contribution in [-0.4, -0.2) is 8.96 Å². The van der Waals surface area contributed by atoms with Crippen molar-refractivity contribution < 1.29 is 17.4 Å². The summed E-state index contributed by atoms with van der Waals surface area (Å²) in [5.74, 6) is 0. The standard InChI is InChI=1S/C14H20F3NOS/c1-5-12(18-20(19)13(2,3)4)10-6-8-11(9-7-10)14(15,16)17/h6-9,12,18H,5H2,1-4H3/t12-,20?/m1/s1. The summed E-state index contributed by atoms with van der Waals surface area (Å²) in [6.07, 6.45) is -3.69. The van der Waals surface area contributed by atoms with Crippen LogP contribution in [0.25, 0.3) is 0 Å². The largest absolute Gasteiger partial charge is 0.416 e. The Bertz CT molecular complexity index is 463. The van der Waals surface area contributed by atoms with Crippen molar-refractivity contribution in [1.29, 1.82) is 0 Å². The second kappa shape index (κ2) is 6.26. The van der Waals surface area contributed by atoms with Crippen molar-refractivity contribution in [3.8, 4) is 0 Å². The van der Waals surface area contributed by atoms with E-state index in [1.54, 1.807) is 0 Å². The highest BCUT2D eigenvalue weighted by atomic mass is 32.2. The van der Waals surface area contributed by atoms with Crippen LogP contribution in [0.15, 0.2) is 24.3 Å². The van der Waals surface area contributed by atoms with Gasteiger partial charge in [0.05, 0.1) is 21.3 Å². The highest BCUT2D eigenvalue weighted by Gasteiger charge is 2.30. The molecule has 0 saturated heterocycles. The fourth-order valence-corrected chi connectivity index (χ4v) is 2.51. The zero-order valence-corrected chi connectivity index (χ0v) is 12.9. The normalized spacial score (nSPS) is 15.9. The Morgan fingerprint density at radius 3 is 2.00 bits per heavy atom. The summed E-state index contributed by atoms with van der Waals surface area (Å²) in [6.45, 7) is 7.43. The van der Waals surface area contributed by atoms with Crippen molar-refractivity contribution >= 4 is 11.0 Å². The van der Waals surface area contributed by atoms with E-state index in [0.29, 0.717) is 12.0 Å². The first-order chi connectivity index (χ1) is 9.05. The lowest BCUT2D eigenvalue weighted by molar-refractivity contribution is -0.137. The predicted octanol–water partition coefficient (Wildman–Crippen LogP) is 4.21. The van der Waals surface area contributed by atoms with Crippen LogP contribution in [0.4, 0.5) is 13.2 Å². The molecule has 0 aliphatic carbocycles. The fourth-order valence-electron chi connectivity index (χ4n) is 1.60. The zero-order chi connectivity index (χ0) is 15.6. The second-order valence-electron chi connectivity index (χ2n) is 5.58. The monoisotopic (exact) mass is 307 g/mol. The van der Waals surface area contributed by atoms with Gasteiger partial charge in [0.15, 0.2) is 0 Å². The summed E-state index contributed by atoms with van der Waals surface area (Å²) in [7, 11) is -1.26. The van der Waals surface area contributed by atoms with Crippen LogP contribution in [0.2, 0.25) is 0 Å². The molecule has 0 saturated carbocycles. The first kappa shape index (κ1) is 17.2. The Kier molecular flexibility index (Phi) is 5.38. The van der Waals surface area contributed by atoms with Crippen molar-refractivity contribution in [1.82, 2.24) is 4.72 Å². The van der Waals surface area contributed by atoms with Gasteiger partial charge in [-0.3, -0.25) is 0 Å². The Balaban J connectivity index is 2.89. The molecule has 114 valence electrons. The van der Waals surface area contributed by atoms with Crippen LogP contribution in [0, 0.1) is 0 Å². The molecule has 1 rings (SSSR count). The fraction of sp³-hybridized carbons (Fsp3) is 0.571. The number of alkyl halides is 3. The van der Waals surface area contributed by atoms with Crippen LogP contribution < -0.4 is 4.72 Å². The molecular formula is C14H20F3NOS. The van der Waals surface area contributed by atoms with E-state index >= 15 is 0 Å². The van der Waals surface area contributed by atoms with Crippen molar-refractivity contribution in [3.05, 3.63) is 35.4 Å². The maximum absolute atomic E-state index is 12.5. The lowest BCUT2D eigenvalue weighted by Crippen LogP contribution is -2.35. The molecule has 0 fully saturated rings. The van der Waals surface area contributed by atoms with Crippen LogP contribution >= 0.6 is 0 Å². The summed E-state index contributed by atoms with van der Waals surface area (Å²) < 4.78 is 52.1. The number of hydrogen-bond donors (Lipinski definition) is 1. The first-order valence-electron chi connectivity index (χ1n) is 6.41. The van der Waals surface area contributed by atoms with Gasteiger partial charge in [0.2, 0.25) is 0 Å². The Morgan fingerprint density at radius 2 is 1.65 bits per heavy atom. The maximum Gasteiger partial charge on any atom is 0.416 e. The quantitative estimate of drug-likeness (QED) is 0.887. The van der Waals surface area contributed by atoms with Gasteiger partial charge in [0.25, 0.3) is 0 Å². The number of benzene rings is 1. The Morgan fingerprint density at radius 1 is 1.15 bits per heavy atom. The average Bonchev–Trinajstić information content (AvgIpc) is 2.33. The molecule has 0 spiro atoms. The number of nitrogens with one attached hydrogen (secondary N) is 1. The molecule has 1 N–H and O–H groups in total. The van der Waals surface area contributed by atoms with Gasteiger partial charge >= 0.3 is 6.18 Å². The highest BCUT2D eigenvalue weighted by molar-refractivity contribution is 7.84. The molecule has 0 radical (unpaired) electrons. The van der Waals surface area contributed by atoms with E-state index in [9.17, 15) is 17.4 Å². The minimum Gasteiger partial charge on any atom is -0.242 e. The third-order valence-electron chi connectivity index (χ3n) is 2.85. The van der Waals surface area contributed by atoms with Crippen LogP contribution in [0.5, 0.6) is 0 Å². The molecule has 1 aromatic carbocycles. The minimum absolute atomic E-state index is 0.225. The molecule has 20 heavy (non-hydrogen) atoms. The molecule has 0 aromatic heterocycles. The Hall–Kier alpha value is -0.880. The van der Waals surface area contributed by atoms with Crippen molar-refractivity contribution in [2.24, 2.45) is 0 Å². The summed E-state index contributed by atoms with van der Waals surface area (Å²) in [6, 6.07) is 4.75. The smallest absolute Gasteiger partial charge is 0.242 e. The summed E-state index contributed by atoms with van der Waals surface area (Å²) >= 11 is 0. The molecule has 2 nitrogen and oxygen atoms in total. The summed E-state index contributed by atoms with van der Waals surface area (Å²) in [5, 5.41) is 0. The lowest BCUT2D eigenvalue weighted by atomic mass is 10.0. The third kappa shape index (κ3) is 4.59. The van der Waals surface area contributed by atoms with E-state index in [1.807, 2.05) is 27.7 Å². The molecule has 0 bridgehead atoms. The molecule has 0 heterocycles. The highest BCUT2D eigenvalue weighted by Crippen LogP contribution is 2.30. The first-order valence-corrected chi connectivity index (χ1v) is 7.56. The molecule has 0 amide bonds. The zero-order valence-electron chi connectivity index (χ0n) is 12.0. The van der Waals surface area contributed by atoms with Gasteiger partial charge in [0.1, 0.15) is 0 Å². The van der Waals surface area contributed by atoms with Crippen molar-refractivity contribution in [2.75, 3.05) is 0 Å². The van der Waals surface area contributed by atoms with Gasteiger partial charge in [0, 0.05) is 6.04 Å². The Labute approximate surface area is 120 Å². The molecule has 0 aliphatic heterocycles. The van der Waals surface area contributed by atoms with E-state index in [0.717, 1.165) is 12.1 Å². The number of rotatable bonds is 4. The van der Waals surface area contributed by atoms with Gasteiger partial charge in [-0.15, -0.1) is 0 Å². The van der Waals surface area contributed by atoms with Gasteiger partial charge in [-0.05, 0) is 44.9 Å². The molecule has 0 aliphatic rings. The molecule has 1 aromatic rings. The average molecular weight is 307 g/mol. The van der Waals surface area contributed by atoms with Crippen LogP contribution in [-0.2, 0) is 17.2 Å². The van der Waals surface area contributed by atoms with E-state index in [2.05, 4.69) is 4.72 Å². The van der Waals surface area contributed by atoms with E-state index < -0.39 is 27.5 Å². The molecular weight excluding hydrogens is 287 g/mol. The van der Waals surface area contributed by atoms with Gasteiger partial charge in [-0.1, -0.05) is 19.1 Å². The third-order valence-corrected chi connectivity index (χ3v) is 4.47. The maximum atomic E-state index is 12.5. The van der Waals surface area contributed by atoms with Gasteiger partial charge < -0.3 is 0 Å². The molecule has 1 unspecified atom stereocenters. The summed E-state index contributed by atoms with van der Waals surface area (Å²) in [5.41, 5.74) is 0.0335. The van der Waals surface area contributed by atoms with Crippen molar-refractivity contribution in [3.63, 3.8) is 0 Å². The van der Waals surface area contributed by atoms with Crippen LogP contribution in [0.3, 0.4) is 0 Å². The number of hydrogen-bond acceptors (Lipinski definition) is 1. The van der Waals surface area contributed by atoms with Crippen molar-refractivity contribution in [2.45, 2.75) is 51.1 Å². The SMILES string of the molecule is CC[C@@H](NS(=O)C(C)(C)C)c1ccc(C(F)(F)F)cc1. The predicted molar refractivity (Wildman–Crippen MR) is 75.5 cm³/mol. The molecule has 2 atom stereocenters. The second-order valence-corrected chi connectivity index (χ2v) is 7.58. The van der Waals surface area contributed by atoms with Gasteiger partial charge in [-0.2, -0.15) is 13.2 Å². The van der Waals surface area contributed by atoms with E-state index in [1.165, 1.54) is 12.1 Å². The molecule has 6 heteroatoms. The van der Waals surface area contributed by atoms with E-state index in [-0.39, 0.29) is 6.04 Å². The minimum atomic E-state index is -4.33. The lowest BCUT2D eigenvalue weighted by Gasteiger charge is -2.24. The van der Waals surface area contributed by atoms with Gasteiger partial charge in [-0.25, -0.2) is 8.93 Å².